The standard InChI is InChI=1S/C15H24N2O/c1-2-17(11-13-6-8-18-9-7-13)12-14-4-3-5-15(16)10-14/h3-5,10,13H,2,6-9,11-12,16H2,1H3. The molecule has 3 heteroatoms. The van der Waals surface area contributed by atoms with Crippen LogP contribution in [0.25, 0.3) is 0 Å². The van der Waals surface area contributed by atoms with Gasteiger partial charge in [-0.3, -0.25) is 4.90 Å². The fourth-order valence-corrected chi connectivity index (χ4v) is 2.55. The second-order valence-electron chi connectivity index (χ2n) is 5.13. The van der Waals surface area contributed by atoms with E-state index in [2.05, 4.69) is 24.0 Å². The van der Waals surface area contributed by atoms with E-state index in [0.29, 0.717) is 0 Å². The molecule has 0 unspecified atom stereocenters. The summed E-state index contributed by atoms with van der Waals surface area (Å²) in [5.74, 6) is 0.791. The molecule has 1 saturated heterocycles. The van der Waals surface area contributed by atoms with E-state index < -0.39 is 0 Å². The van der Waals surface area contributed by atoms with Crippen LogP contribution in [0, 0.1) is 5.92 Å². The summed E-state index contributed by atoms with van der Waals surface area (Å²) >= 11 is 0. The fourth-order valence-electron chi connectivity index (χ4n) is 2.55. The maximum absolute atomic E-state index is 5.82. The van der Waals surface area contributed by atoms with Crippen molar-refractivity contribution in [3.8, 4) is 0 Å². The zero-order valence-electron chi connectivity index (χ0n) is 11.3. The van der Waals surface area contributed by atoms with Crippen molar-refractivity contribution in [1.82, 2.24) is 4.90 Å². The molecule has 0 bridgehead atoms. The van der Waals surface area contributed by atoms with Crippen LogP contribution in [-0.2, 0) is 11.3 Å². The van der Waals surface area contributed by atoms with E-state index in [0.717, 1.165) is 37.9 Å². The Morgan fingerprint density at radius 2 is 2.11 bits per heavy atom. The number of nitrogen functional groups attached to an aromatic ring is 1. The summed E-state index contributed by atoms with van der Waals surface area (Å²) in [6.45, 7) is 7.35. The summed E-state index contributed by atoms with van der Waals surface area (Å²) in [5, 5.41) is 0. The topological polar surface area (TPSA) is 38.5 Å². The number of nitrogens with zero attached hydrogens (tertiary/aromatic N) is 1. The van der Waals surface area contributed by atoms with Gasteiger partial charge in [0.05, 0.1) is 0 Å². The number of benzene rings is 1. The Morgan fingerprint density at radius 3 is 2.78 bits per heavy atom. The molecule has 1 aliphatic heterocycles. The third kappa shape index (κ3) is 4.00. The van der Waals surface area contributed by atoms with Crippen LogP contribution in [-0.4, -0.2) is 31.2 Å². The third-order valence-corrected chi connectivity index (χ3v) is 3.66. The Hall–Kier alpha value is -1.06. The van der Waals surface area contributed by atoms with Gasteiger partial charge in [0.1, 0.15) is 0 Å². The Morgan fingerprint density at radius 1 is 1.33 bits per heavy atom. The molecule has 18 heavy (non-hydrogen) atoms. The van der Waals surface area contributed by atoms with Gasteiger partial charge >= 0.3 is 0 Å². The van der Waals surface area contributed by atoms with E-state index in [1.54, 1.807) is 0 Å². The maximum Gasteiger partial charge on any atom is 0.0469 e. The summed E-state index contributed by atoms with van der Waals surface area (Å²) in [6, 6.07) is 8.21. The summed E-state index contributed by atoms with van der Waals surface area (Å²) in [5.41, 5.74) is 7.99. The molecule has 100 valence electrons. The molecular formula is C15H24N2O. The molecule has 1 aliphatic rings. The number of hydrogen-bond donors (Lipinski definition) is 1. The van der Waals surface area contributed by atoms with Crippen LogP contribution in [0.3, 0.4) is 0 Å². The smallest absolute Gasteiger partial charge is 0.0469 e. The second-order valence-corrected chi connectivity index (χ2v) is 5.13. The van der Waals surface area contributed by atoms with E-state index in [1.165, 1.54) is 24.9 Å². The van der Waals surface area contributed by atoms with Crippen molar-refractivity contribution in [3.05, 3.63) is 29.8 Å². The molecule has 0 atom stereocenters. The minimum atomic E-state index is 0.791. The number of hydrogen-bond acceptors (Lipinski definition) is 3. The van der Waals surface area contributed by atoms with Crippen LogP contribution in [0.1, 0.15) is 25.3 Å². The quantitative estimate of drug-likeness (QED) is 0.814. The lowest BCUT2D eigenvalue weighted by Crippen LogP contribution is -2.32. The largest absolute Gasteiger partial charge is 0.399 e. The molecule has 2 rings (SSSR count). The molecule has 1 fully saturated rings. The molecule has 0 radical (unpaired) electrons. The molecule has 2 N–H and O–H groups in total. The zero-order valence-corrected chi connectivity index (χ0v) is 11.3. The van der Waals surface area contributed by atoms with Crippen LogP contribution >= 0.6 is 0 Å². The minimum Gasteiger partial charge on any atom is -0.399 e. The van der Waals surface area contributed by atoms with Crippen molar-refractivity contribution < 1.29 is 4.74 Å². The fraction of sp³-hybridized carbons (Fsp3) is 0.600. The number of anilines is 1. The van der Waals surface area contributed by atoms with Crippen molar-refractivity contribution in [2.24, 2.45) is 5.92 Å². The molecule has 0 spiro atoms. The number of rotatable bonds is 5. The predicted molar refractivity (Wildman–Crippen MR) is 75.3 cm³/mol. The monoisotopic (exact) mass is 248 g/mol. The molecule has 0 amide bonds. The van der Waals surface area contributed by atoms with Gasteiger partial charge in [-0.25, -0.2) is 0 Å². The second kappa shape index (κ2) is 6.76. The average molecular weight is 248 g/mol. The van der Waals surface area contributed by atoms with Crippen LogP contribution in [0.4, 0.5) is 5.69 Å². The van der Waals surface area contributed by atoms with Crippen molar-refractivity contribution in [2.45, 2.75) is 26.3 Å². The van der Waals surface area contributed by atoms with E-state index in [4.69, 9.17) is 10.5 Å². The minimum absolute atomic E-state index is 0.791. The van der Waals surface area contributed by atoms with Crippen molar-refractivity contribution in [3.63, 3.8) is 0 Å². The highest BCUT2D eigenvalue weighted by molar-refractivity contribution is 5.40. The molecule has 1 heterocycles. The normalized spacial score (nSPS) is 17.2. The van der Waals surface area contributed by atoms with Crippen molar-refractivity contribution >= 4 is 5.69 Å². The Bertz CT molecular complexity index is 361. The highest BCUT2D eigenvalue weighted by Crippen LogP contribution is 2.18. The average Bonchev–Trinajstić information content (AvgIpc) is 2.39. The predicted octanol–water partition coefficient (Wildman–Crippen LogP) is 2.52. The van der Waals surface area contributed by atoms with Gasteiger partial charge < -0.3 is 10.5 Å². The van der Waals surface area contributed by atoms with E-state index in [1.807, 2.05) is 12.1 Å². The molecular weight excluding hydrogens is 224 g/mol. The highest BCUT2D eigenvalue weighted by Gasteiger charge is 2.16. The van der Waals surface area contributed by atoms with Crippen LogP contribution in [0.2, 0.25) is 0 Å². The molecule has 0 aliphatic carbocycles. The van der Waals surface area contributed by atoms with Crippen LogP contribution < -0.4 is 5.73 Å². The third-order valence-electron chi connectivity index (χ3n) is 3.66. The Kier molecular flexibility index (Phi) is 5.02. The number of nitrogens with two attached hydrogens (primary N) is 1. The molecule has 0 aromatic heterocycles. The van der Waals surface area contributed by atoms with Gasteiger partial charge in [-0.2, -0.15) is 0 Å². The molecule has 0 saturated carbocycles. The highest BCUT2D eigenvalue weighted by atomic mass is 16.5. The number of ether oxygens (including phenoxy) is 1. The first-order valence-corrected chi connectivity index (χ1v) is 6.92. The first-order chi connectivity index (χ1) is 8.78. The van der Waals surface area contributed by atoms with Gasteiger partial charge in [0.2, 0.25) is 0 Å². The van der Waals surface area contributed by atoms with Crippen LogP contribution in [0.15, 0.2) is 24.3 Å². The first-order valence-electron chi connectivity index (χ1n) is 6.92. The van der Waals surface area contributed by atoms with E-state index >= 15 is 0 Å². The van der Waals surface area contributed by atoms with Crippen molar-refractivity contribution in [2.75, 3.05) is 32.0 Å². The summed E-state index contributed by atoms with van der Waals surface area (Å²) in [4.78, 5) is 2.50. The lowest BCUT2D eigenvalue weighted by Gasteiger charge is -2.29. The molecule has 1 aromatic rings. The SMILES string of the molecule is CCN(Cc1cccc(N)c1)CC1CCOCC1. The molecule has 1 aromatic carbocycles. The molecule has 3 nitrogen and oxygen atoms in total. The lowest BCUT2D eigenvalue weighted by atomic mass is 9.99. The summed E-state index contributed by atoms with van der Waals surface area (Å²) < 4.78 is 5.41. The summed E-state index contributed by atoms with van der Waals surface area (Å²) in [7, 11) is 0. The zero-order chi connectivity index (χ0) is 12.8. The van der Waals surface area contributed by atoms with Crippen molar-refractivity contribution in [1.29, 1.82) is 0 Å². The van der Waals surface area contributed by atoms with Crippen LogP contribution in [0.5, 0.6) is 0 Å². The van der Waals surface area contributed by atoms with E-state index in [9.17, 15) is 0 Å². The maximum atomic E-state index is 5.82. The van der Waals surface area contributed by atoms with Gasteiger partial charge in [0.25, 0.3) is 0 Å². The van der Waals surface area contributed by atoms with Gasteiger partial charge in [-0.1, -0.05) is 19.1 Å². The Balaban J connectivity index is 1.88. The summed E-state index contributed by atoms with van der Waals surface area (Å²) in [6.07, 6.45) is 2.40. The van der Waals surface area contributed by atoms with E-state index in [-0.39, 0.29) is 0 Å². The van der Waals surface area contributed by atoms with Gasteiger partial charge in [0.15, 0.2) is 0 Å². The van der Waals surface area contributed by atoms with Gasteiger partial charge in [-0.15, -0.1) is 0 Å². The Labute approximate surface area is 110 Å². The van der Waals surface area contributed by atoms with Gasteiger partial charge in [-0.05, 0) is 43.0 Å². The van der Waals surface area contributed by atoms with Gasteiger partial charge in [0, 0.05) is 32.0 Å². The first kappa shape index (κ1) is 13.4. The lowest BCUT2D eigenvalue weighted by molar-refractivity contribution is 0.0522.